The number of alkyl halides is 2. The van der Waals surface area contributed by atoms with Gasteiger partial charge in [-0.1, -0.05) is 80.3 Å². The van der Waals surface area contributed by atoms with E-state index >= 15 is 18.4 Å². The van der Waals surface area contributed by atoms with Crippen molar-refractivity contribution in [3.63, 3.8) is 0 Å². The third-order valence-electron chi connectivity index (χ3n) is 17.6. The maximum atomic E-state index is 16.1. The van der Waals surface area contributed by atoms with Crippen LogP contribution in [0.2, 0.25) is 0 Å². The van der Waals surface area contributed by atoms with Crippen molar-refractivity contribution in [1.29, 1.82) is 0 Å². The number of ether oxygens (including phenoxy) is 8. The zero-order valence-corrected chi connectivity index (χ0v) is 58.6. The highest BCUT2D eigenvalue weighted by molar-refractivity contribution is 5.93. The third-order valence-corrected chi connectivity index (χ3v) is 17.6. The molecule has 2 aliphatic heterocycles. The van der Waals surface area contributed by atoms with E-state index < -0.39 is 132 Å². The Kier molecular flexibility index (Phi) is 26.8. The van der Waals surface area contributed by atoms with Crippen LogP contribution in [0.4, 0.5) is 25.0 Å². The molecule has 2 saturated heterocycles. The Labute approximate surface area is 568 Å². The number of hydrogen-bond donors (Lipinski definition) is 0. The molecule has 4 amide bonds. The van der Waals surface area contributed by atoms with E-state index in [9.17, 15) is 33.6 Å². The zero-order valence-electron chi connectivity index (χ0n) is 58.6. The van der Waals surface area contributed by atoms with Crippen molar-refractivity contribution in [2.75, 3.05) is 90.6 Å². The van der Waals surface area contributed by atoms with E-state index in [1.54, 1.807) is 69.3 Å². The van der Waals surface area contributed by atoms with E-state index in [0.29, 0.717) is 82.1 Å². The van der Waals surface area contributed by atoms with Gasteiger partial charge in [-0.2, -0.15) is 0 Å². The molecule has 3 aromatic carbocycles. The minimum atomic E-state index is -2.15. The molecule has 0 bridgehead atoms. The van der Waals surface area contributed by atoms with Crippen LogP contribution in [0.1, 0.15) is 130 Å². The molecule has 4 fully saturated rings. The van der Waals surface area contributed by atoms with Crippen molar-refractivity contribution in [2.24, 2.45) is 11.8 Å². The fourth-order valence-corrected chi connectivity index (χ4v) is 11.5. The minimum absolute atomic E-state index is 0.0382. The van der Waals surface area contributed by atoms with E-state index in [2.05, 4.69) is 9.80 Å². The van der Waals surface area contributed by atoms with Gasteiger partial charge in [0.2, 0.25) is 0 Å². The lowest BCUT2D eigenvalue weighted by Gasteiger charge is -2.35. The fraction of sp³-hybridized carbons (Fsp3) is 0.625. The number of likely N-dealkylation sites (N-methyl/N-ethyl adjacent to an activating group) is 4. The lowest BCUT2D eigenvalue weighted by molar-refractivity contribution is -0.176. The molecule has 0 N–H and O–H groups in total. The van der Waals surface area contributed by atoms with Crippen molar-refractivity contribution in [2.45, 2.75) is 199 Å². The van der Waals surface area contributed by atoms with Crippen molar-refractivity contribution < 1.29 is 89.8 Å². The molecule has 2 heterocycles. The SMILES string of the molecule is C[C@@H](OC(=O)[C@H](CC1CC1)N(C)C(=O)[C@@H](Cc1ccc(N2CCOCC2)cc1)OC(=O)[C@H](CC(C)(C)F)N(C)C(=O)[C@@H](C)OC(=O)[C@H](CC1CC1)N(C)C(=O)[C@@H](Cc1ccc(N2CCOCC2)cc1)OC(=O)[C@H](CC(C)(C)F)N(C)C(=O)OC(C)(C)C)C(=O)OCc1ccccc1. The van der Waals surface area contributed by atoms with E-state index in [1.807, 2.05) is 30.3 Å². The van der Waals surface area contributed by atoms with Crippen LogP contribution >= 0.6 is 0 Å². The highest BCUT2D eigenvalue weighted by atomic mass is 19.1. The first-order valence-corrected chi connectivity index (χ1v) is 33.6. The monoisotopic (exact) mass is 1360 g/mol. The summed E-state index contributed by atoms with van der Waals surface area (Å²) in [5, 5.41) is 0. The van der Waals surface area contributed by atoms with Crippen LogP contribution in [0.5, 0.6) is 0 Å². The Morgan fingerprint density at radius 3 is 1.23 bits per heavy atom. The molecule has 7 rings (SSSR count). The summed E-state index contributed by atoms with van der Waals surface area (Å²) in [5.74, 6) is -7.74. The molecule has 8 atom stereocenters. The number of rotatable bonds is 32. The topological polar surface area (TPSA) is 247 Å². The first-order valence-electron chi connectivity index (χ1n) is 33.6. The van der Waals surface area contributed by atoms with Crippen LogP contribution in [0.15, 0.2) is 78.9 Å². The van der Waals surface area contributed by atoms with E-state index in [0.717, 1.165) is 43.8 Å². The van der Waals surface area contributed by atoms with E-state index in [1.165, 1.54) is 69.7 Å². The van der Waals surface area contributed by atoms with Crippen molar-refractivity contribution in [3.8, 4) is 0 Å². The van der Waals surface area contributed by atoms with Gasteiger partial charge in [-0.05, 0) is 128 Å². The molecule has 2 aliphatic carbocycles. The van der Waals surface area contributed by atoms with Gasteiger partial charge in [-0.15, -0.1) is 0 Å². The minimum Gasteiger partial charge on any atom is -0.458 e. The average molecular weight is 1360 g/mol. The molecule has 534 valence electrons. The van der Waals surface area contributed by atoms with Crippen LogP contribution in [-0.2, 0) is 95.7 Å². The summed E-state index contributed by atoms with van der Waals surface area (Å²) in [5.41, 5.74) is -1.59. The Hall–Kier alpha value is -7.93. The molecule has 0 aromatic heterocycles. The zero-order chi connectivity index (χ0) is 71.1. The standard InChI is InChI=1S/C72H100F2N6O17/c1-46(93-65(85)55(39-48-19-20-48)75(10)63(83)60(42-51-25-29-54(30-26-51)80-33-37-91-38-34-80)96-68(88)58(44-72(8,9)74)78(13)69(89)97-70(3,4)5)61(81)77(12)57(43-71(6,7)73)67(87)95-59(41-50-23-27-53(28-24-50)79-31-35-90-36-32-79)62(82)76(11)56(40-49-21-22-49)66(86)94-47(2)64(84)92-45-52-17-15-14-16-18-52/h14-18,23-30,46-49,55-60H,19-22,31-45H2,1-13H3/t46-,47-,55+,56+,57+,58+,59-,60-/m1/s1. The summed E-state index contributed by atoms with van der Waals surface area (Å²) in [7, 11) is 5.16. The lowest BCUT2D eigenvalue weighted by atomic mass is 9.99. The Morgan fingerprint density at radius 1 is 0.474 bits per heavy atom. The predicted molar refractivity (Wildman–Crippen MR) is 355 cm³/mol. The van der Waals surface area contributed by atoms with Gasteiger partial charge in [0, 0.05) is 91.4 Å². The van der Waals surface area contributed by atoms with Gasteiger partial charge in [-0.3, -0.25) is 19.3 Å². The van der Waals surface area contributed by atoms with Gasteiger partial charge in [0.1, 0.15) is 47.7 Å². The Bertz CT molecular complexity index is 3160. The molecule has 25 heteroatoms. The van der Waals surface area contributed by atoms with Gasteiger partial charge in [0.25, 0.3) is 17.7 Å². The molecule has 2 saturated carbocycles. The highest BCUT2D eigenvalue weighted by Gasteiger charge is 2.45. The number of nitrogens with zero attached hydrogens (tertiary/aromatic N) is 6. The molecule has 0 radical (unpaired) electrons. The predicted octanol–water partition coefficient (Wildman–Crippen LogP) is 8.17. The van der Waals surface area contributed by atoms with Crippen LogP contribution in [-0.4, -0.2) is 220 Å². The number of halogens is 2. The summed E-state index contributed by atoms with van der Waals surface area (Å²) in [6.07, 6.45) is -5.83. The number of esters is 5. The second kappa shape index (κ2) is 34.0. The Morgan fingerprint density at radius 2 is 0.845 bits per heavy atom. The smallest absolute Gasteiger partial charge is 0.410 e. The summed E-state index contributed by atoms with van der Waals surface area (Å²) in [4.78, 5) is 138. The van der Waals surface area contributed by atoms with Crippen molar-refractivity contribution in [1.82, 2.24) is 19.6 Å². The van der Waals surface area contributed by atoms with Gasteiger partial charge < -0.3 is 62.4 Å². The van der Waals surface area contributed by atoms with Gasteiger partial charge in [-0.25, -0.2) is 37.5 Å². The normalized spacial score (nSPS) is 17.7. The molecule has 0 unspecified atom stereocenters. The number of anilines is 2. The number of hydrogen-bond acceptors (Lipinski definition) is 19. The van der Waals surface area contributed by atoms with Gasteiger partial charge in [0.05, 0.1) is 26.4 Å². The molecule has 0 spiro atoms. The largest absolute Gasteiger partial charge is 0.458 e. The van der Waals surface area contributed by atoms with E-state index in [4.69, 9.17) is 37.9 Å². The number of carbonyl (C=O) groups is 9. The molecular formula is C72H100F2N6O17. The Balaban J connectivity index is 1.12. The molecular weight excluding hydrogens is 1260 g/mol. The lowest BCUT2D eigenvalue weighted by Crippen LogP contribution is -2.54. The van der Waals surface area contributed by atoms with Crippen LogP contribution < -0.4 is 9.80 Å². The van der Waals surface area contributed by atoms with Gasteiger partial charge >= 0.3 is 35.9 Å². The number of benzene rings is 3. The number of carbonyl (C=O) groups excluding carboxylic acids is 9. The maximum absolute atomic E-state index is 16.1. The molecule has 4 aliphatic rings. The van der Waals surface area contributed by atoms with Crippen LogP contribution in [0.3, 0.4) is 0 Å². The molecule has 3 aromatic rings. The van der Waals surface area contributed by atoms with E-state index in [-0.39, 0.29) is 44.1 Å². The quantitative estimate of drug-likeness (QED) is 0.0422. The number of morpholine rings is 2. The fourth-order valence-electron chi connectivity index (χ4n) is 11.5. The summed E-state index contributed by atoms with van der Waals surface area (Å²) < 4.78 is 77.5. The first kappa shape index (κ1) is 76.4. The van der Waals surface area contributed by atoms with Crippen molar-refractivity contribution >= 4 is 65.0 Å². The second-order valence-electron chi connectivity index (χ2n) is 28.2. The summed E-state index contributed by atoms with van der Waals surface area (Å²) in [6, 6.07) is 17.5. The third kappa shape index (κ3) is 23.7. The average Bonchev–Trinajstić information content (AvgIpc) is 1.58. The second-order valence-corrected chi connectivity index (χ2v) is 28.2. The van der Waals surface area contributed by atoms with Crippen LogP contribution in [0, 0.1) is 11.8 Å². The first-order chi connectivity index (χ1) is 45.6. The van der Waals surface area contributed by atoms with Crippen molar-refractivity contribution in [3.05, 3.63) is 95.6 Å². The highest BCUT2D eigenvalue weighted by Crippen LogP contribution is 2.37. The van der Waals surface area contributed by atoms with Gasteiger partial charge in [0.15, 0.2) is 24.4 Å². The van der Waals surface area contributed by atoms with Crippen LogP contribution in [0.25, 0.3) is 0 Å². The molecule has 23 nitrogen and oxygen atoms in total. The molecule has 97 heavy (non-hydrogen) atoms. The summed E-state index contributed by atoms with van der Waals surface area (Å²) >= 11 is 0. The summed E-state index contributed by atoms with van der Waals surface area (Å²) in [6.45, 7) is 17.0. The number of amides is 4. The maximum Gasteiger partial charge on any atom is 0.410 e.